The molecule has 2 aromatic carbocycles. The first-order chi connectivity index (χ1) is 15.1. The Kier molecular flexibility index (Phi) is 6.52. The lowest BCUT2D eigenvalue weighted by atomic mass is 9.99. The highest BCUT2D eigenvalue weighted by Crippen LogP contribution is 2.23. The average molecular weight is 433 g/mol. The van der Waals surface area contributed by atoms with E-state index in [1.165, 1.54) is 22.9 Å². The summed E-state index contributed by atoms with van der Waals surface area (Å²) in [6, 6.07) is 17.3. The first-order valence-corrected chi connectivity index (χ1v) is 11.1. The maximum atomic E-state index is 12.8. The summed E-state index contributed by atoms with van der Waals surface area (Å²) < 4.78 is 1.87. The molecule has 0 saturated carbocycles. The van der Waals surface area contributed by atoms with Crippen LogP contribution in [-0.4, -0.2) is 45.1 Å². The number of anilines is 1. The molecular weight excluding hydrogens is 408 g/mol. The fourth-order valence-electron chi connectivity index (χ4n) is 3.46. The lowest BCUT2D eigenvalue weighted by molar-refractivity contribution is -0.113. The van der Waals surface area contributed by atoms with E-state index in [1.54, 1.807) is 30.5 Å². The third-order valence-corrected chi connectivity index (χ3v) is 6.22. The summed E-state index contributed by atoms with van der Waals surface area (Å²) in [5.41, 5.74) is 3.80. The molecule has 7 heteroatoms. The molecule has 3 aromatic rings. The summed E-state index contributed by atoms with van der Waals surface area (Å²) in [7, 11) is 1.89. The van der Waals surface area contributed by atoms with Gasteiger partial charge in [-0.1, -0.05) is 48.2 Å². The van der Waals surface area contributed by atoms with E-state index in [-0.39, 0.29) is 17.6 Å². The second-order valence-corrected chi connectivity index (χ2v) is 8.27. The smallest absolute Gasteiger partial charge is 0.254 e. The van der Waals surface area contributed by atoms with Crippen LogP contribution in [0.15, 0.2) is 78.2 Å². The van der Waals surface area contributed by atoms with Gasteiger partial charge in [-0.3, -0.25) is 9.59 Å². The third-order valence-electron chi connectivity index (χ3n) is 5.17. The Hall–Kier alpha value is -3.32. The molecule has 0 bridgehead atoms. The van der Waals surface area contributed by atoms with Crippen molar-refractivity contribution in [3.05, 3.63) is 84.2 Å². The number of imidazole rings is 1. The topological polar surface area (TPSA) is 67.2 Å². The molecule has 158 valence electrons. The Morgan fingerprint density at radius 1 is 1.10 bits per heavy atom. The van der Waals surface area contributed by atoms with Crippen molar-refractivity contribution in [2.24, 2.45) is 7.05 Å². The van der Waals surface area contributed by atoms with Crippen LogP contribution in [0.25, 0.3) is 5.57 Å². The molecule has 0 spiro atoms. The maximum Gasteiger partial charge on any atom is 0.254 e. The van der Waals surface area contributed by atoms with Gasteiger partial charge in [-0.2, -0.15) is 0 Å². The Labute approximate surface area is 186 Å². The van der Waals surface area contributed by atoms with Gasteiger partial charge in [0.1, 0.15) is 0 Å². The molecule has 0 unspecified atom stereocenters. The predicted octanol–water partition coefficient (Wildman–Crippen LogP) is 4.08. The van der Waals surface area contributed by atoms with Gasteiger partial charge in [-0.15, -0.1) is 0 Å². The monoisotopic (exact) mass is 432 g/mol. The van der Waals surface area contributed by atoms with E-state index in [0.717, 1.165) is 11.6 Å². The molecule has 2 heterocycles. The van der Waals surface area contributed by atoms with E-state index in [1.807, 2.05) is 40.9 Å². The number of nitrogens with zero attached hydrogens (tertiary/aromatic N) is 3. The Morgan fingerprint density at radius 2 is 1.87 bits per heavy atom. The molecule has 2 amide bonds. The number of rotatable bonds is 6. The number of hydrogen-bond donors (Lipinski definition) is 1. The summed E-state index contributed by atoms with van der Waals surface area (Å²) >= 11 is 1.38. The molecule has 0 radical (unpaired) electrons. The van der Waals surface area contributed by atoms with Crippen molar-refractivity contribution in [3.8, 4) is 0 Å². The standard InChI is InChI=1S/C24H24N4O2S/c1-27-16-13-25-24(27)31-17-22(29)26-21-9-7-20(8-10-21)23(30)28-14-11-19(12-15-28)18-5-3-2-4-6-18/h2-11,13,16H,12,14-15,17H2,1H3,(H,26,29). The second kappa shape index (κ2) is 9.66. The van der Waals surface area contributed by atoms with E-state index >= 15 is 0 Å². The van der Waals surface area contributed by atoms with Gasteiger partial charge < -0.3 is 14.8 Å². The lowest BCUT2D eigenvalue weighted by Gasteiger charge is -2.27. The lowest BCUT2D eigenvalue weighted by Crippen LogP contribution is -2.34. The van der Waals surface area contributed by atoms with Crippen molar-refractivity contribution in [2.45, 2.75) is 11.6 Å². The summed E-state index contributed by atoms with van der Waals surface area (Å²) in [5.74, 6) is 0.170. The number of carbonyl (C=O) groups excluding carboxylic acids is 2. The molecule has 6 nitrogen and oxygen atoms in total. The molecule has 1 aromatic heterocycles. The van der Waals surface area contributed by atoms with E-state index < -0.39 is 0 Å². The second-order valence-electron chi connectivity index (χ2n) is 7.33. The van der Waals surface area contributed by atoms with Crippen molar-refractivity contribution in [3.63, 3.8) is 0 Å². The van der Waals surface area contributed by atoms with Crippen LogP contribution in [0.3, 0.4) is 0 Å². The van der Waals surface area contributed by atoms with Crippen LogP contribution in [0.4, 0.5) is 5.69 Å². The minimum atomic E-state index is -0.110. The van der Waals surface area contributed by atoms with Crippen molar-refractivity contribution >= 4 is 34.8 Å². The predicted molar refractivity (Wildman–Crippen MR) is 124 cm³/mol. The Bertz CT molecular complexity index is 1090. The van der Waals surface area contributed by atoms with Crippen molar-refractivity contribution < 1.29 is 9.59 Å². The molecule has 0 fully saturated rings. The van der Waals surface area contributed by atoms with Crippen LogP contribution >= 0.6 is 11.8 Å². The average Bonchev–Trinajstić information content (AvgIpc) is 3.23. The van der Waals surface area contributed by atoms with Gasteiger partial charge >= 0.3 is 0 Å². The highest BCUT2D eigenvalue weighted by Gasteiger charge is 2.19. The Balaban J connectivity index is 1.30. The highest BCUT2D eigenvalue weighted by atomic mass is 32.2. The minimum Gasteiger partial charge on any atom is -0.335 e. The summed E-state index contributed by atoms with van der Waals surface area (Å²) in [4.78, 5) is 31.1. The van der Waals surface area contributed by atoms with E-state index in [0.29, 0.717) is 24.3 Å². The minimum absolute atomic E-state index is 0.00609. The quantitative estimate of drug-likeness (QED) is 0.596. The molecule has 0 saturated heterocycles. The van der Waals surface area contributed by atoms with E-state index in [9.17, 15) is 9.59 Å². The first-order valence-electron chi connectivity index (χ1n) is 10.1. The largest absolute Gasteiger partial charge is 0.335 e. The van der Waals surface area contributed by atoms with Crippen molar-refractivity contribution in [2.75, 3.05) is 24.2 Å². The number of nitrogens with one attached hydrogen (secondary N) is 1. The fraction of sp³-hybridized carbons (Fsp3) is 0.208. The van der Waals surface area contributed by atoms with Gasteiger partial charge in [-0.25, -0.2) is 4.98 Å². The normalized spacial score (nSPS) is 13.6. The maximum absolute atomic E-state index is 12.8. The molecule has 0 atom stereocenters. The molecule has 1 aliphatic rings. The first kappa shape index (κ1) is 20.9. The molecule has 4 rings (SSSR count). The number of carbonyl (C=O) groups is 2. The molecule has 0 aliphatic carbocycles. The molecule has 31 heavy (non-hydrogen) atoms. The zero-order chi connectivity index (χ0) is 21.6. The summed E-state index contributed by atoms with van der Waals surface area (Å²) in [6.45, 7) is 1.30. The number of benzene rings is 2. The Morgan fingerprint density at radius 3 is 2.52 bits per heavy atom. The van der Waals surface area contributed by atoms with E-state index in [2.05, 4.69) is 28.5 Å². The number of aromatic nitrogens is 2. The van der Waals surface area contributed by atoms with Gasteiger partial charge in [-0.05, 0) is 41.8 Å². The molecular formula is C24H24N4O2S. The number of thioether (sulfide) groups is 1. The number of aryl methyl sites for hydroxylation is 1. The van der Waals surface area contributed by atoms with Crippen LogP contribution in [-0.2, 0) is 11.8 Å². The fourth-order valence-corrected chi connectivity index (χ4v) is 4.20. The van der Waals surface area contributed by atoms with Crippen LogP contribution < -0.4 is 5.32 Å². The molecule has 1 aliphatic heterocycles. The van der Waals surface area contributed by atoms with Crippen molar-refractivity contribution in [1.29, 1.82) is 0 Å². The summed E-state index contributed by atoms with van der Waals surface area (Å²) in [6.07, 6.45) is 6.52. The SMILES string of the molecule is Cn1ccnc1SCC(=O)Nc1ccc(C(=O)N2CC=C(c3ccccc3)CC2)cc1. The van der Waals surface area contributed by atoms with Crippen LogP contribution in [0.2, 0.25) is 0 Å². The van der Waals surface area contributed by atoms with Gasteiger partial charge in [0.2, 0.25) is 5.91 Å². The van der Waals surface area contributed by atoms with Crippen LogP contribution in [0.5, 0.6) is 0 Å². The van der Waals surface area contributed by atoms with Crippen molar-refractivity contribution in [1.82, 2.24) is 14.5 Å². The van der Waals surface area contributed by atoms with Crippen LogP contribution in [0.1, 0.15) is 22.3 Å². The number of amides is 2. The zero-order valence-corrected chi connectivity index (χ0v) is 18.1. The number of hydrogen-bond acceptors (Lipinski definition) is 4. The van der Waals surface area contributed by atoms with Gasteiger partial charge in [0, 0.05) is 43.8 Å². The summed E-state index contributed by atoms with van der Waals surface area (Å²) in [5, 5.41) is 3.66. The highest BCUT2D eigenvalue weighted by molar-refractivity contribution is 7.99. The van der Waals surface area contributed by atoms with Gasteiger partial charge in [0.25, 0.3) is 5.91 Å². The van der Waals surface area contributed by atoms with E-state index in [4.69, 9.17) is 0 Å². The van der Waals surface area contributed by atoms with Gasteiger partial charge in [0.05, 0.1) is 5.75 Å². The third kappa shape index (κ3) is 5.24. The zero-order valence-electron chi connectivity index (χ0n) is 17.3. The molecule has 1 N–H and O–H groups in total. The van der Waals surface area contributed by atoms with Gasteiger partial charge in [0.15, 0.2) is 5.16 Å². The van der Waals surface area contributed by atoms with Crippen LogP contribution in [0, 0.1) is 0 Å².